The highest BCUT2D eigenvalue weighted by atomic mass is 16.5. The number of carbonyl (C=O) groups is 2. The van der Waals surface area contributed by atoms with E-state index in [1.54, 1.807) is 31.2 Å². The van der Waals surface area contributed by atoms with Gasteiger partial charge in [-0.3, -0.25) is 0 Å². The van der Waals surface area contributed by atoms with E-state index in [4.69, 9.17) is 4.74 Å². The summed E-state index contributed by atoms with van der Waals surface area (Å²) >= 11 is 0. The van der Waals surface area contributed by atoms with Crippen molar-refractivity contribution >= 4 is 17.7 Å². The van der Waals surface area contributed by atoms with Gasteiger partial charge < -0.3 is 15.4 Å². The number of urea groups is 1. The van der Waals surface area contributed by atoms with E-state index in [-0.39, 0.29) is 12.0 Å². The Morgan fingerprint density at radius 2 is 1.74 bits per heavy atom. The number of amides is 2. The van der Waals surface area contributed by atoms with Crippen LogP contribution in [0.5, 0.6) is 0 Å². The molecule has 0 spiro atoms. The fourth-order valence-electron chi connectivity index (χ4n) is 2.06. The first-order valence-corrected chi connectivity index (χ1v) is 7.46. The predicted octanol–water partition coefficient (Wildman–Crippen LogP) is 3.49. The standard InChI is InChI=1S/C18H20N2O3/c1-3-23-17(21)14-8-10-16(11-9-14)20-18(22)19-12-15-7-5-4-6-13(15)2/h4-11H,3,12H2,1-2H3,(H2,19,20,22). The van der Waals surface area contributed by atoms with Crippen LogP contribution in [0, 0.1) is 6.92 Å². The van der Waals surface area contributed by atoms with Gasteiger partial charge in [0, 0.05) is 12.2 Å². The lowest BCUT2D eigenvalue weighted by molar-refractivity contribution is 0.0526. The summed E-state index contributed by atoms with van der Waals surface area (Å²) in [6.07, 6.45) is 0. The molecular weight excluding hydrogens is 292 g/mol. The molecular formula is C18H20N2O3. The van der Waals surface area contributed by atoms with Crippen molar-refractivity contribution in [3.05, 3.63) is 65.2 Å². The molecule has 0 heterocycles. The van der Waals surface area contributed by atoms with Crippen LogP contribution in [-0.2, 0) is 11.3 Å². The Morgan fingerprint density at radius 3 is 2.39 bits per heavy atom. The molecule has 0 aliphatic carbocycles. The second-order valence-corrected chi connectivity index (χ2v) is 5.03. The number of carbonyl (C=O) groups excluding carboxylic acids is 2. The number of hydrogen-bond acceptors (Lipinski definition) is 3. The van der Waals surface area contributed by atoms with Crippen LogP contribution in [0.25, 0.3) is 0 Å². The van der Waals surface area contributed by atoms with E-state index in [9.17, 15) is 9.59 Å². The maximum absolute atomic E-state index is 11.9. The van der Waals surface area contributed by atoms with Crippen LogP contribution in [0.4, 0.5) is 10.5 Å². The summed E-state index contributed by atoms with van der Waals surface area (Å²) < 4.78 is 4.91. The molecule has 2 aromatic carbocycles. The summed E-state index contributed by atoms with van der Waals surface area (Å²) in [5, 5.41) is 5.53. The lowest BCUT2D eigenvalue weighted by atomic mass is 10.1. The van der Waals surface area contributed by atoms with Crippen molar-refractivity contribution in [1.29, 1.82) is 0 Å². The lowest BCUT2D eigenvalue weighted by Crippen LogP contribution is -2.28. The number of hydrogen-bond donors (Lipinski definition) is 2. The summed E-state index contributed by atoms with van der Waals surface area (Å²) in [7, 11) is 0. The average Bonchev–Trinajstić information content (AvgIpc) is 2.55. The Balaban J connectivity index is 1.88. The van der Waals surface area contributed by atoms with E-state index in [2.05, 4.69) is 10.6 Å². The van der Waals surface area contributed by atoms with Gasteiger partial charge in [0.1, 0.15) is 0 Å². The molecule has 2 aromatic rings. The molecule has 0 bridgehead atoms. The Bertz CT molecular complexity index is 681. The van der Waals surface area contributed by atoms with Gasteiger partial charge in [-0.25, -0.2) is 9.59 Å². The molecule has 5 heteroatoms. The number of nitrogens with one attached hydrogen (secondary N) is 2. The van der Waals surface area contributed by atoms with E-state index in [1.807, 2.05) is 31.2 Å². The van der Waals surface area contributed by atoms with Gasteiger partial charge in [-0.15, -0.1) is 0 Å². The summed E-state index contributed by atoms with van der Waals surface area (Å²) in [6, 6.07) is 14.2. The number of benzene rings is 2. The van der Waals surface area contributed by atoms with Gasteiger partial charge in [-0.05, 0) is 49.2 Å². The van der Waals surface area contributed by atoms with Crippen molar-refractivity contribution in [3.63, 3.8) is 0 Å². The van der Waals surface area contributed by atoms with Crippen molar-refractivity contribution in [2.24, 2.45) is 0 Å². The first-order chi connectivity index (χ1) is 11.1. The highest BCUT2D eigenvalue weighted by Gasteiger charge is 2.07. The maximum atomic E-state index is 11.9. The molecule has 0 fully saturated rings. The van der Waals surface area contributed by atoms with Crippen molar-refractivity contribution in [3.8, 4) is 0 Å². The predicted molar refractivity (Wildman–Crippen MR) is 89.4 cm³/mol. The Labute approximate surface area is 135 Å². The van der Waals surface area contributed by atoms with Gasteiger partial charge in [0.15, 0.2) is 0 Å². The zero-order chi connectivity index (χ0) is 16.7. The second-order valence-electron chi connectivity index (χ2n) is 5.03. The van der Waals surface area contributed by atoms with Crippen LogP contribution in [0.15, 0.2) is 48.5 Å². The van der Waals surface area contributed by atoms with Gasteiger partial charge in [-0.2, -0.15) is 0 Å². The van der Waals surface area contributed by atoms with Gasteiger partial charge in [-0.1, -0.05) is 24.3 Å². The summed E-state index contributed by atoms with van der Waals surface area (Å²) in [5.74, 6) is -0.372. The molecule has 0 aliphatic heterocycles. The molecule has 2 amide bonds. The monoisotopic (exact) mass is 312 g/mol. The highest BCUT2D eigenvalue weighted by Crippen LogP contribution is 2.11. The average molecular weight is 312 g/mol. The topological polar surface area (TPSA) is 67.4 Å². The minimum atomic E-state index is -0.372. The molecule has 0 atom stereocenters. The fraction of sp³-hybridized carbons (Fsp3) is 0.222. The number of aryl methyl sites for hydroxylation is 1. The van der Waals surface area contributed by atoms with Gasteiger partial charge in [0.25, 0.3) is 0 Å². The third kappa shape index (κ3) is 4.85. The summed E-state index contributed by atoms with van der Waals surface area (Å²) in [5.41, 5.74) is 3.27. The van der Waals surface area contributed by atoms with Crippen molar-refractivity contribution in [1.82, 2.24) is 5.32 Å². The molecule has 2 rings (SSSR count). The normalized spacial score (nSPS) is 10.0. The SMILES string of the molecule is CCOC(=O)c1ccc(NC(=O)NCc2ccccc2C)cc1. The van der Waals surface area contributed by atoms with Crippen LogP contribution >= 0.6 is 0 Å². The lowest BCUT2D eigenvalue weighted by Gasteiger charge is -2.10. The molecule has 2 N–H and O–H groups in total. The van der Waals surface area contributed by atoms with E-state index in [0.717, 1.165) is 11.1 Å². The zero-order valence-electron chi connectivity index (χ0n) is 13.3. The molecule has 0 saturated carbocycles. The largest absolute Gasteiger partial charge is 0.462 e. The van der Waals surface area contributed by atoms with Gasteiger partial charge >= 0.3 is 12.0 Å². The Kier molecular flexibility index (Phi) is 5.74. The highest BCUT2D eigenvalue weighted by molar-refractivity contribution is 5.92. The van der Waals surface area contributed by atoms with E-state index >= 15 is 0 Å². The Hall–Kier alpha value is -2.82. The molecule has 0 saturated heterocycles. The minimum Gasteiger partial charge on any atom is -0.462 e. The van der Waals surface area contributed by atoms with Crippen LogP contribution in [0.2, 0.25) is 0 Å². The number of ether oxygens (including phenoxy) is 1. The van der Waals surface area contributed by atoms with Crippen LogP contribution in [-0.4, -0.2) is 18.6 Å². The quantitative estimate of drug-likeness (QED) is 0.830. The molecule has 5 nitrogen and oxygen atoms in total. The fourth-order valence-corrected chi connectivity index (χ4v) is 2.06. The number of esters is 1. The molecule has 23 heavy (non-hydrogen) atoms. The molecule has 0 radical (unpaired) electrons. The van der Waals surface area contributed by atoms with E-state index in [0.29, 0.717) is 24.4 Å². The van der Waals surface area contributed by atoms with Crippen molar-refractivity contribution in [2.45, 2.75) is 20.4 Å². The van der Waals surface area contributed by atoms with Crippen LogP contribution < -0.4 is 10.6 Å². The smallest absolute Gasteiger partial charge is 0.338 e. The summed E-state index contributed by atoms with van der Waals surface area (Å²) in [4.78, 5) is 23.5. The van der Waals surface area contributed by atoms with Crippen molar-refractivity contribution in [2.75, 3.05) is 11.9 Å². The van der Waals surface area contributed by atoms with Gasteiger partial charge in [0.2, 0.25) is 0 Å². The molecule has 0 aromatic heterocycles. The van der Waals surface area contributed by atoms with E-state index in [1.165, 1.54) is 0 Å². The van der Waals surface area contributed by atoms with Crippen LogP contribution in [0.1, 0.15) is 28.4 Å². The van der Waals surface area contributed by atoms with Crippen molar-refractivity contribution < 1.29 is 14.3 Å². The third-order valence-electron chi connectivity index (χ3n) is 3.35. The molecule has 120 valence electrons. The maximum Gasteiger partial charge on any atom is 0.338 e. The first-order valence-electron chi connectivity index (χ1n) is 7.46. The minimum absolute atomic E-state index is 0.294. The van der Waals surface area contributed by atoms with E-state index < -0.39 is 0 Å². The molecule has 0 aliphatic rings. The Morgan fingerprint density at radius 1 is 1.04 bits per heavy atom. The second kappa shape index (κ2) is 7.98. The molecule has 0 unspecified atom stereocenters. The third-order valence-corrected chi connectivity index (χ3v) is 3.35. The zero-order valence-corrected chi connectivity index (χ0v) is 13.3. The van der Waals surface area contributed by atoms with Crippen LogP contribution in [0.3, 0.4) is 0 Å². The first kappa shape index (κ1) is 16.5. The number of anilines is 1. The van der Waals surface area contributed by atoms with Gasteiger partial charge in [0.05, 0.1) is 12.2 Å². The summed E-state index contributed by atoms with van der Waals surface area (Å²) in [6.45, 7) is 4.55. The number of rotatable bonds is 5.